The van der Waals surface area contributed by atoms with Crippen molar-refractivity contribution < 1.29 is 37.0 Å². The highest BCUT2D eigenvalue weighted by Gasteiger charge is 2.72. The van der Waals surface area contributed by atoms with Crippen LogP contribution >= 0.6 is 0 Å². The van der Waals surface area contributed by atoms with Crippen LogP contribution in [0.1, 0.15) is 25.2 Å². The van der Waals surface area contributed by atoms with Crippen LogP contribution in [0.4, 0.5) is 18.0 Å². The monoisotopic (exact) mass is 337 g/mol. The van der Waals surface area contributed by atoms with Crippen molar-refractivity contribution >= 4 is 6.09 Å². The first-order valence-electron chi connectivity index (χ1n) is 6.85. The van der Waals surface area contributed by atoms with E-state index in [9.17, 15) is 18.0 Å². The van der Waals surface area contributed by atoms with Gasteiger partial charge < -0.3 is 24.3 Å². The number of nitrogens with zero attached hydrogens (tertiary/aromatic N) is 2. The smallest absolute Gasteiger partial charge is 0.414 e. The molecule has 0 aliphatic heterocycles. The molecule has 0 spiro atoms. The number of carboxylic acid groups (broad SMARTS) is 1. The third-order valence-corrected chi connectivity index (χ3v) is 3.98. The van der Waals surface area contributed by atoms with Crippen molar-refractivity contribution in [3.63, 3.8) is 0 Å². The predicted molar refractivity (Wildman–Crippen MR) is 66.1 cm³/mol. The summed E-state index contributed by atoms with van der Waals surface area (Å²) in [6.07, 6.45) is -3.82. The first kappa shape index (κ1) is 15.8. The number of alkyl halides is 3. The Morgan fingerprint density at radius 2 is 2.00 bits per heavy atom. The summed E-state index contributed by atoms with van der Waals surface area (Å²) in [4.78, 5) is 10.6. The minimum Gasteiger partial charge on any atom is -0.465 e. The first-order chi connectivity index (χ1) is 10.7. The van der Waals surface area contributed by atoms with Gasteiger partial charge in [0.05, 0.1) is 12.0 Å². The maximum absolute atomic E-state index is 11.9. The summed E-state index contributed by atoms with van der Waals surface area (Å²) in [6, 6.07) is 0. The van der Waals surface area contributed by atoms with E-state index in [1.165, 1.54) is 0 Å². The van der Waals surface area contributed by atoms with Gasteiger partial charge in [-0.05, 0) is 19.3 Å². The van der Waals surface area contributed by atoms with Gasteiger partial charge in [0.15, 0.2) is 0 Å². The zero-order chi connectivity index (χ0) is 16.7. The molecule has 3 saturated carbocycles. The Hall–Kier alpha value is -2.04. The Labute approximate surface area is 128 Å². The van der Waals surface area contributed by atoms with E-state index in [1.54, 1.807) is 0 Å². The normalized spacial score (nSPS) is 28.7. The number of amides is 1. The lowest BCUT2D eigenvalue weighted by atomic mass is 9.39. The van der Waals surface area contributed by atoms with Crippen molar-refractivity contribution in [2.45, 2.75) is 36.4 Å². The van der Waals surface area contributed by atoms with Crippen molar-refractivity contribution in [3.05, 3.63) is 5.89 Å². The molecule has 3 aliphatic rings. The molecule has 3 fully saturated rings. The molecule has 23 heavy (non-hydrogen) atoms. The molecule has 1 heterocycles. The highest BCUT2D eigenvalue weighted by molar-refractivity contribution is 5.67. The minimum atomic E-state index is -4.37. The number of rotatable bonds is 7. The Morgan fingerprint density at radius 1 is 1.30 bits per heavy atom. The average molecular weight is 337 g/mol. The molecule has 2 N–H and O–H groups in total. The van der Waals surface area contributed by atoms with Gasteiger partial charge in [-0.1, -0.05) is 5.10 Å². The van der Waals surface area contributed by atoms with Gasteiger partial charge in [0.2, 0.25) is 5.89 Å². The molecule has 3 aliphatic carbocycles. The van der Waals surface area contributed by atoms with Crippen LogP contribution < -0.4 is 10.1 Å². The van der Waals surface area contributed by atoms with E-state index in [1.807, 2.05) is 0 Å². The number of ether oxygens (including phenoxy) is 2. The molecule has 1 amide bonds. The SMILES string of the molecule is O=C(O)NC12CC(c3nnc(OCCOCC(F)(F)F)o3)(C1)C2. The molecule has 1 aromatic rings. The third kappa shape index (κ3) is 3.19. The molecule has 4 rings (SSSR count). The van der Waals surface area contributed by atoms with Gasteiger partial charge >= 0.3 is 18.3 Å². The first-order valence-corrected chi connectivity index (χ1v) is 6.85. The zero-order valence-corrected chi connectivity index (χ0v) is 11.9. The summed E-state index contributed by atoms with van der Waals surface area (Å²) in [5, 5.41) is 18.7. The fraction of sp³-hybridized carbons (Fsp3) is 0.750. The largest absolute Gasteiger partial charge is 0.465 e. The van der Waals surface area contributed by atoms with Crippen LogP contribution in [-0.4, -0.2) is 52.9 Å². The number of aromatic nitrogens is 2. The number of nitrogens with one attached hydrogen (secondary N) is 1. The molecule has 0 radical (unpaired) electrons. The van der Waals surface area contributed by atoms with Crippen molar-refractivity contribution in [2.75, 3.05) is 19.8 Å². The van der Waals surface area contributed by atoms with Crippen molar-refractivity contribution in [1.82, 2.24) is 15.5 Å². The summed E-state index contributed by atoms with van der Waals surface area (Å²) in [5.74, 6) is 0.359. The van der Waals surface area contributed by atoms with Crippen LogP contribution in [0.5, 0.6) is 6.08 Å². The van der Waals surface area contributed by atoms with E-state index in [-0.39, 0.29) is 24.7 Å². The second-order valence-corrected chi connectivity index (χ2v) is 5.91. The quantitative estimate of drug-likeness (QED) is 0.726. The molecule has 2 bridgehead atoms. The lowest BCUT2D eigenvalue weighted by Gasteiger charge is -2.68. The maximum atomic E-state index is 11.9. The van der Waals surface area contributed by atoms with Gasteiger partial charge in [-0.3, -0.25) is 0 Å². The van der Waals surface area contributed by atoms with Crippen LogP contribution in [0, 0.1) is 0 Å². The Kier molecular flexibility index (Phi) is 3.62. The standard InChI is InChI=1S/C12H14F3N3O5/c13-12(14,15)6-21-1-2-22-9-18-17-7(23-9)10-3-11(4-10,5-10)16-8(19)20/h16H,1-6H2,(H,19,20). The molecule has 1 aromatic heterocycles. The molecule has 0 atom stereocenters. The summed E-state index contributed by atoms with van der Waals surface area (Å²) in [5.41, 5.74) is -0.712. The van der Waals surface area contributed by atoms with Gasteiger partial charge in [-0.25, -0.2) is 4.79 Å². The summed E-state index contributed by atoms with van der Waals surface area (Å²) in [7, 11) is 0. The molecule has 128 valence electrons. The average Bonchev–Trinajstić information content (AvgIpc) is 2.78. The second kappa shape index (κ2) is 5.25. The van der Waals surface area contributed by atoms with Gasteiger partial charge in [-0.2, -0.15) is 13.2 Å². The van der Waals surface area contributed by atoms with Crippen LogP contribution in [0.25, 0.3) is 0 Å². The highest BCUT2D eigenvalue weighted by atomic mass is 19.4. The van der Waals surface area contributed by atoms with Crippen LogP contribution in [0.2, 0.25) is 0 Å². The van der Waals surface area contributed by atoms with E-state index < -0.39 is 24.4 Å². The van der Waals surface area contributed by atoms with Crippen LogP contribution in [-0.2, 0) is 10.2 Å². The Balaban J connectivity index is 1.41. The Bertz CT molecular complexity index is 583. The van der Waals surface area contributed by atoms with E-state index >= 15 is 0 Å². The fourth-order valence-electron chi connectivity index (χ4n) is 3.23. The van der Waals surface area contributed by atoms with E-state index in [2.05, 4.69) is 20.3 Å². The van der Waals surface area contributed by atoms with E-state index in [0.29, 0.717) is 25.2 Å². The number of halogens is 3. The maximum Gasteiger partial charge on any atom is 0.414 e. The Morgan fingerprint density at radius 3 is 2.61 bits per heavy atom. The summed E-state index contributed by atoms with van der Waals surface area (Å²) >= 11 is 0. The predicted octanol–water partition coefficient (Wildman–Crippen LogP) is 1.47. The lowest BCUT2D eigenvalue weighted by Crippen LogP contribution is -2.76. The molecule has 0 saturated heterocycles. The van der Waals surface area contributed by atoms with Gasteiger partial charge in [-0.15, -0.1) is 5.10 Å². The minimum absolute atomic E-state index is 0.138. The summed E-state index contributed by atoms with van der Waals surface area (Å²) in [6.45, 7) is -1.74. The number of hydrogen-bond acceptors (Lipinski definition) is 6. The highest BCUT2D eigenvalue weighted by Crippen LogP contribution is 2.67. The van der Waals surface area contributed by atoms with Gasteiger partial charge in [0, 0.05) is 5.54 Å². The topological polar surface area (TPSA) is 107 Å². The van der Waals surface area contributed by atoms with Crippen molar-refractivity contribution in [2.24, 2.45) is 0 Å². The third-order valence-electron chi connectivity index (χ3n) is 3.98. The summed E-state index contributed by atoms with van der Waals surface area (Å²) < 4.78 is 50.3. The van der Waals surface area contributed by atoms with Crippen molar-refractivity contribution in [1.29, 1.82) is 0 Å². The number of carbonyl (C=O) groups is 1. The fourth-order valence-corrected chi connectivity index (χ4v) is 3.23. The van der Waals surface area contributed by atoms with Crippen LogP contribution in [0.3, 0.4) is 0 Å². The molecular weight excluding hydrogens is 323 g/mol. The van der Waals surface area contributed by atoms with E-state index in [0.717, 1.165) is 0 Å². The molecule has 11 heteroatoms. The second-order valence-electron chi connectivity index (χ2n) is 5.91. The van der Waals surface area contributed by atoms with Gasteiger partial charge in [0.25, 0.3) is 0 Å². The zero-order valence-electron chi connectivity index (χ0n) is 11.9. The lowest BCUT2D eigenvalue weighted by molar-refractivity contribution is -0.175. The van der Waals surface area contributed by atoms with Crippen LogP contribution in [0.15, 0.2) is 4.42 Å². The molecular formula is C12H14F3N3O5. The van der Waals surface area contributed by atoms with Gasteiger partial charge in [0.1, 0.15) is 13.2 Å². The molecule has 8 nitrogen and oxygen atoms in total. The molecule has 0 unspecified atom stereocenters. The molecule has 0 aromatic carbocycles. The number of hydrogen-bond donors (Lipinski definition) is 2. The van der Waals surface area contributed by atoms with E-state index in [4.69, 9.17) is 14.3 Å². The van der Waals surface area contributed by atoms with Crippen molar-refractivity contribution in [3.8, 4) is 6.08 Å².